The van der Waals surface area contributed by atoms with Gasteiger partial charge in [0.25, 0.3) is 0 Å². The fourth-order valence-electron chi connectivity index (χ4n) is 2.39. The third-order valence-corrected chi connectivity index (χ3v) is 4.59. The molecule has 0 bridgehead atoms. The summed E-state index contributed by atoms with van der Waals surface area (Å²) in [5.74, 6) is 0.675. The molecule has 0 radical (unpaired) electrons. The molecule has 3 rings (SSSR count). The van der Waals surface area contributed by atoms with E-state index in [0.29, 0.717) is 29.2 Å². The molecule has 118 valence electrons. The predicted molar refractivity (Wildman–Crippen MR) is 89.1 cm³/mol. The van der Waals surface area contributed by atoms with Gasteiger partial charge in [-0.05, 0) is 42.5 Å². The summed E-state index contributed by atoms with van der Waals surface area (Å²) in [7, 11) is 0. The number of thiophene rings is 1. The van der Waals surface area contributed by atoms with E-state index in [1.54, 1.807) is 36.5 Å². The standard InChI is InChI=1S/C18H16O4S/c1-4-16(19)21-12-7-11(3)17-13(8-12)22-14(18(17)20)9-15-10(2)5-6-23-15/h5-9H,4H2,1-3H3/b14-9-. The Morgan fingerprint density at radius 1 is 1.30 bits per heavy atom. The first-order valence-corrected chi connectivity index (χ1v) is 8.21. The maximum atomic E-state index is 12.5. The van der Waals surface area contributed by atoms with Gasteiger partial charge >= 0.3 is 5.97 Å². The number of aryl methyl sites for hydroxylation is 2. The van der Waals surface area contributed by atoms with E-state index >= 15 is 0 Å². The Hall–Kier alpha value is -2.40. The molecule has 1 aromatic carbocycles. The molecule has 5 heteroatoms. The van der Waals surface area contributed by atoms with Gasteiger partial charge in [0.1, 0.15) is 11.5 Å². The lowest BCUT2D eigenvalue weighted by atomic mass is 10.0. The molecule has 1 aromatic heterocycles. The average Bonchev–Trinajstić information content (AvgIpc) is 3.04. The summed E-state index contributed by atoms with van der Waals surface area (Å²) < 4.78 is 10.9. The predicted octanol–water partition coefficient (Wildman–Crippen LogP) is 4.30. The van der Waals surface area contributed by atoms with Crippen LogP contribution in [0.5, 0.6) is 11.5 Å². The third-order valence-electron chi connectivity index (χ3n) is 3.63. The maximum Gasteiger partial charge on any atom is 0.310 e. The van der Waals surface area contributed by atoms with Crippen molar-refractivity contribution in [3.05, 3.63) is 50.9 Å². The second kappa shape index (κ2) is 6.01. The van der Waals surface area contributed by atoms with Crippen molar-refractivity contribution < 1.29 is 19.1 Å². The molecule has 0 unspecified atom stereocenters. The van der Waals surface area contributed by atoms with Gasteiger partial charge < -0.3 is 9.47 Å². The average molecular weight is 328 g/mol. The minimum absolute atomic E-state index is 0.140. The highest BCUT2D eigenvalue weighted by Crippen LogP contribution is 2.38. The lowest BCUT2D eigenvalue weighted by Crippen LogP contribution is -2.06. The van der Waals surface area contributed by atoms with Gasteiger partial charge in [-0.15, -0.1) is 11.3 Å². The first kappa shape index (κ1) is 15.5. The Morgan fingerprint density at radius 3 is 2.74 bits per heavy atom. The summed E-state index contributed by atoms with van der Waals surface area (Å²) in [6, 6.07) is 5.28. The van der Waals surface area contributed by atoms with Gasteiger partial charge in [0.2, 0.25) is 5.78 Å². The summed E-state index contributed by atoms with van der Waals surface area (Å²) >= 11 is 1.56. The van der Waals surface area contributed by atoms with Gasteiger partial charge in [0.15, 0.2) is 5.76 Å². The van der Waals surface area contributed by atoms with E-state index in [2.05, 4.69) is 0 Å². The van der Waals surface area contributed by atoms with Crippen molar-refractivity contribution >= 4 is 29.2 Å². The lowest BCUT2D eigenvalue weighted by Gasteiger charge is -2.06. The molecule has 2 heterocycles. The summed E-state index contributed by atoms with van der Waals surface area (Å²) in [5.41, 5.74) is 2.36. The zero-order valence-electron chi connectivity index (χ0n) is 13.1. The summed E-state index contributed by atoms with van der Waals surface area (Å²) in [6.07, 6.45) is 2.05. The van der Waals surface area contributed by atoms with E-state index in [0.717, 1.165) is 16.0 Å². The van der Waals surface area contributed by atoms with E-state index in [-0.39, 0.29) is 11.8 Å². The van der Waals surface area contributed by atoms with Crippen molar-refractivity contribution in [2.75, 3.05) is 0 Å². The van der Waals surface area contributed by atoms with Crippen molar-refractivity contribution in [3.63, 3.8) is 0 Å². The summed E-state index contributed by atoms with van der Waals surface area (Å²) in [5, 5.41) is 1.97. The molecular weight excluding hydrogens is 312 g/mol. The van der Waals surface area contributed by atoms with Crippen LogP contribution in [0.2, 0.25) is 0 Å². The van der Waals surface area contributed by atoms with Crippen LogP contribution in [0, 0.1) is 13.8 Å². The molecule has 4 nitrogen and oxygen atoms in total. The van der Waals surface area contributed by atoms with Crippen molar-refractivity contribution in [1.29, 1.82) is 0 Å². The van der Waals surface area contributed by atoms with Crippen molar-refractivity contribution in [3.8, 4) is 11.5 Å². The second-order valence-corrected chi connectivity index (χ2v) is 6.30. The number of allylic oxidation sites excluding steroid dienone is 1. The normalized spacial score (nSPS) is 14.7. The Kier molecular flexibility index (Phi) is 4.05. The van der Waals surface area contributed by atoms with Crippen LogP contribution in [0.1, 0.15) is 39.7 Å². The van der Waals surface area contributed by atoms with E-state index < -0.39 is 0 Å². The maximum absolute atomic E-state index is 12.5. The number of carbonyl (C=O) groups excluding carboxylic acids is 2. The second-order valence-electron chi connectivity index (χ2n) is 5.35. The number of hydrogen-bond acceptors (Lipinski definition) is 5. The number of carbonyl (C=O) groups is 2. The first-order chi connectivity index (χ1) is 11.0. The van der Waals surface area contributed by atoms with Gasteiger partial charge in [-0.2, -0.15) is 0 Å². The fourth-order valence-corrected chi connectivity index (χ4v) is 3.24. The van der Waals surface area contributed by atoms with Crippen LogP contribution in [-0.2, 0) is 4.79 Å². The van der Waals surface area contributed by atoms with Crippen LogP contribution in [0.4, 0.5) is 0 Å². The highest BCUT2D eigenvalue weighted by atomic mass is 32.1. The Morgan fingerprint density at radius 2 is 2.09 bits per heavy atom. The molecule has 0 N–H and O–H groups in total. The highest BCUT2D eigenvalue weighted by molar-refractivity contribution is 7.11. The molecule has 2 aromatic rings. The van der Waals surface area contributed by atoms with Crippen LogP contribution in [0.15, 0.2) is 29.3 Å². The van der Waals surface area contributed by atoms with E-state index in [4.69, 9.17) is 9.47 Å². The Labute approximate surface area is 138 Å². The largest absolute Gasteiger partial charge is 0.452 e. The first-order valence-electron chi connectivity index (χ1n) is 7.33. The SMILES string of the molecule is CCC(=O)Oc1cc(C)c2c(c1)O/C(=C\c1sccc1C)C2=O. The molecule has 23 heavy (non-hydrogen) atoms. The van der Waals surface area contributed by atoms with Crippen LogP contribution in [0.25, 0.3) is 6.08 Å². The number of rotatable bonds is 3. The zero-order valence-corrected chi connectivity index (χ0v) is 14.0. The molecule has 1 aliphatic heterocycles. The number of esters is 1. The summed E-state index contributed by atoms with van der Waals surface area (Å²) in [4.78, 5) is 25.0. The fraction of sp³-hybridized carbons (Fsp3) is 0.222. The Balaban J connectivity index is 1.96. The number of hydrogen-bond donors (Lipinski definition) is 0. The highest BCUT2D eigenvalue weighted by Gasteiger charge is 2.30. The molecule has 0 saturated carbocycles. The van der Waals surface area contributed by atoms with Gasteiger partial charge in [0.05, 0.1) is 5.56 Å². The van der Waals surface area contributed by atoms with Gasteiger partial charge in [-0.3, -0.25) is 9.59 Å². The topological polar surface area (TPSA) is 52.6 Å². The molecule has 1 aliphatic rings. The van der Waals surface area contributed by atoms with Crippen LogP contribution in [-0.4, -0.2) is 11.8 Å². The smallest absolute Gasteiger partial charge is 0.310 e. The van der Waals surface area contributed by atoms with Crippen LogP contribution >= 0.6 is 11.3 Å². The molecular formula is C18H16O4S. The molecule has 0 spiro atoms. The lowest BCUT2D eigenvalue weighted by molar-refractivity contribution is -0.134. The van der Waals surface area contributed by atoms with Crippen molar-refractivity contribution in [2.45, 2.75) is 27.2 Å². The zero-order chi connectivity index (χ0) is 16.6. The molecule has 0 aliphatic carbocycles. The molecule has 0 saturated heterocycles. The van der Waals surface area contributed by atoms with Crippen molar-refractivity contribution in [2.24, 2.45) is 0 Å². The monoisotopic (exact) mass is 328 g/mol. The number of benzene rings is 1. The molecule has 0 atom stereocenters. The molecule has 0 amide bonds. The summed E-state index contributed by atoms with van der Waals surface area (Å²) in [6.45, 7) is 5.53. The minimum atomic E-state index is -0.321. The number of ether oxygens (including phenoxy) is 2. The van der Waals surface area contributed by atoms with Crippen molar-refractivity contribution in [1.82, 2.24) is 0 Å². The Bertz CT molecular complexity index is 830. The number of ketones is 1. The van der Waals surface area contributed by atoms with E-state index in [1.807, 2.05) is 25.3 Å². The number of fused-ring (bicyclic) bond motifs is 1. The van der Waals surface area contributed by atoms with Crippen LogP contribution < -0.4 is 9.47 Å². The van der Waals surface area contributed by atoms with Gasteiger partial charge in [-0.1, -0.05) is 6.92 Å². The van der Waals surface area contributed by atoms with Gasteiger partial charge in [-0.25, -0.2) is 0 Å². The third kappa shape index (κ3) is 2.92. The molecule has 0 fully saturated rings. The van der Waals surface area contributed by atoms with Gasteiger partial charge in [0, 0.05) is 23.4 Å². The quantitative estimate of drug-likeness (QED) is 0.479. The van der Waals surface area contributed by atoms with E-state index in [1.165, 1.54) is 0 Å². The van der Waals surface area contributed by atoms with E-state index in [9.17, 15) is 9.59 Å². The minimum Gasteiger partial charge on any atom is -0.452 e. The number of Topliss-reactive ketones (excluding diaryl/α,β-unsaturated/α-hetero) is 1. The van der Waals surface area contributed by atoms with Crippen LogP contribution in [0.3, 0.4) is 0 Å².